The van der Waals surface area contributed by atoms with Crippen LogP contribution in [0.15, 0.2) is 0 Å². The Morgan fingerprint density at radius 2 is 1.88 bits per heavy atom. The summed E-state index contributed by atoms with van der Waals surface area (Å²) in [6.45, 7) is 1.51. The van der Waals surface area contributed by atoms with Crippen LogP contribution in [0.25, 0.3) is 0 Å². The van der Waals surface area contributed by atoms with Crippen LogP contribution in [-0.4, -0.2) is 56.9 Å². The molecule has 1 N–H and O–H groups in total. The number of esters is 1. The predicted octanol–water partition coefficient (Wildman–Crippen LogP) is 0.0432. The zero-order valence-corrected chi connectivity index (χ0v) is 10.7. The third kappa shape index (κ3) is 4.03. The summed E-state index contributed by atoms with van der Waals surface area (Å²) in [5.74, 6) is -0.428. The molecular weight excluding hydrogens is 259 g/mol. The normalized spacial score (nSPS) is 18.9. The van der Waals surface area contributed by atoms with E-state index in [1.54, 1.807) is 0 Å². The van der Waals surface area contributed by atoms with Gasteiger partial charge in [-0.15, -0.1) is 24.8 Å². The molecule has 0 bridgehead atoms. The fourth-order valence-corrected chi connectivity index (χ4v) is 1.39. The second kappa shape index (κ2) is 8.43. The number of rotatable bonds is 1. The van der Waals surface area contributed by atoms with Gasteiger partial charge in [0.15, 0.2) is 0 Å². The zero-order valence-electron chi connectivity index (χ0n) is 9.10. The molecule has 1 saturated heterocycles. The number of halogens is 2. The van der Waals surface area contributed by atoms with Crippen LogP contribution < -0.4 is 5.32 Å². The Morgan fingerprint density at radius 3 is 2.38 bits per heavy atom. The van der Waals surface area contributed by atoms with Crippen molar-refractivity contribution in [3.05, 3.63) is 0 Å². The van der Waals surface area contributed by atoms with Crippen LogP contribution in [0.2, 0.25) is 0 Å². The highest BCUT2D eigenvalue weighted by atomic mass is 35.5. The van der Waals surface area contributed by atoms with Crippen molar-refractivity contribution in [2.24, 2.45) is 0 Å². The zero-order chi connectivity index (χ0) is 10.6. The molecule has 96 valence electrons. The van der Waals surface area contributed by atoms with E-state index in [1.807, 2.05) is 0 Å². The van der Waals surface area contributed by atoms with E-state index in [1.165, 1.54) is 19.1 Å². The molecule has 0 radical (unpaired) electrons. The minimum absolute atomic E-state index is 0. The Hall–Kier alpha value is -0.720. The maximum Gasteiger partial charge on any atom is 0.410 e. The highest BCUT2D eigenvalue weighted by Crippen LogP contribution is 2.06. The van der Waals surface area contributed by atoms with E-state index in [2.05, 4.69) is 14.8 Å². The molecule has 1 heterocycles. The van der Waals surface area contributed by atoms with Crippen molar-refractivity contribution in [2.75, 3.05) is 33.9 Å². The Kier molecular flexibility index (Phi) is 9.31. The Balaban J connectivity index is 0. The summed E-state index contributed by atoms with van der Waals surface area (Å²) < 4.78 is 9.15. The maximum absolute atomic E-state index is 11.3. The van der Waals surface area contributed by atoms with E-state index >= 15 is 0 Å². The molecule has 0 aliphatic carbocycles. The van der Waals surface area contributed by atoms with Crippen molar-refractivity contribution in [1.82, 2.24) is 10.2 Å². The largest absolute Gasteiger partial charge is 0.467 e. The quantitative estimate of drug-likeness (QED) is 0.684. The average Bonchev–Trinajstić information content (AvgIpc) is 2.27. The molecule has 1 atom stereocenters. The van der Waals surface area contributed by atoms with Crippen molar-refractivity contribution in [1.29, 1.82) is 0 Å². The fraction of sp³-hybridized carbons (Fsp3) is 0.750. The van der Waals surface area contributed by atoms with Gasteiger partial charge in [0.25, 0.3) is 0 Å². The lowest BCUT2D eigenvalue weighted by Gasteiger charge is -2.32. The average molecular weight is 275 g/mol. The number of methoxy groups -OCH3 is 2. The summed E-state index contributed by atoms with van der Waals surface area (Å²) in [7, 11) is 2.59. The number of ether oxygens (including phenoxy) is 2. The third-order valence-corrected chi connectivity index (χ3v) is 2.13. The van der Waals surface area contributed by atoms with Crippen LogP contribution in [0.4, 0.5) is 4.79 Å². The van der Waals surface area contributed by atoms with Crippen molar-refractivity contribution in [3.63, 3.8) is 0 Å². The number of nitrogens with one attached hydrogen (secondary N) is 1. The molecule has 0 aromatic carbocycles. The minimum Gasteiger partial charge on any atom is -0.467 e. The SMILES string of the molecule is COC(=O)C1CNCCN1C(=O)OC.Cl.Cl. The number of hydrogen-bond donors (Lipinski definition) is 1. The number of carbonyl (C=O) groups is 2. The molecule has 0 aromatic heterocycles. The lowest BCUT2D eigenvalue weighted by Crippen LogP contribution is -2.57. The smallest absolute Gasteiger partial charge is 0.410 e. The van der Waals surface area contributed by atoms with Crippen molar-refractivity contribution >= 4 is 36.9 Å². The van der Waals surface area contributed by atoms with Gasteiger partial charge >= 0.3 is 12.1 Å². The molecule has 8 heteroatoms. The van der Waals surface area contributed by atoms with Crippen LogP contribution >= 0.6 is 24.8 Å². The highest BCUT2D eigenvalue weighted by Gasteiger charge is 2.33. The van der Waals surface area contributed by atoms with Crippen molar-refractivity contribution in [2.45, 2.75) is 6.04 Å². The number of piperazine rings is 1. The Morgan fingerprint density at radius 1 is 1.25 bits per heavy atom. The first-order valence-corrected chi connectivity index (χ1v) is 4.34. The van der Waals surface area contributed by atoms with Gasteiger partial charge in [0.1, 0.15) is 6.04 Å². The van der Waals surface area contributed by atoms with Gasteiger partial charge in [0, 0.05) is 19.6 Å². The van der Waals surface area contributed by atoms with Gasteiger partial charge in [-0.1, -0.05) is 0 Å². The molecule has 1 aliphatic rings. The van der Waals surface area contributed by atoms with Crippen LogP contribution in [0.5, 0.6) is 0 Å². The van der Waals surface area contributed by atoms with Gasteiger partial charge in [0.05, 0.1) is 14.2 Å². The van der Waals surface area contributed by atoms with Gasteiger partial charge in [0.2, 0.25) is 0 Å². The third-order valence-electron chi connectivity index (χ3n) is 2.13. The van der Waals surface area contributed by atoms with Crippen LogP contribution in [-0.2, 0) is 14.3 Å². The molecule has 1 unspecified atom stereocenters. The van der Waals surface area contributed by atoms with Crippen molar-refractivity contribution in [3.8, 4) is 0 Å². The van der Waals surface area contributed by atoms with Crippen LogP contribution in [0.3, 0.4) is 0 Å². The molecule has 0 saturated carbocycles. The standard InChI is InChI=1S/C8H14N2O4.2ClH/c1-13-7(11)6-5-9-3-4-10(6)8(12)14-2;;/h6,9H,3-5H2,1-2H3;2*1H. The van der Waals surface area contributed by atoms with E-state index < -0.39 is 18.1 Å². The van der Waals surface area contributed by atoms with Gasteiger partial charge < -0.3 is 14.8 Å². The molecule has 16 heavy (non-hydrogen) atoms. The summed E-state index contributed by atoms with van der Waals surface area (Å²) in [6.07, 6.45) is -0.498. The Bertz CT molecular complexity index is 216. The van der Waals surface area contributed by atoms with Gasteiger partial charge in [-0.2, -0.15) is 0 Å². The topological polar surface area (TPSA) is 67.9 Å². The summed E-state index contributed by atoms with van der Waals surface area (Å²) in [5, 5.41) is 3.01. The first-order chi connectivity index (χ1) is 6.70. The van der Waals surface area contributed by atoms with Gasteiger partial charge in [-0.3, -0.25) is 4.90 Å². The maximum atomic E-state index is 11.3. The van der Waals surface area contributed by atoms with E-state index in [0.717, 1.165) is 0 Å². The summed E-state index contributed by atoms with van der Waals surface area (Å²) in [5.41, 5.74) is 0. The van der Waals surface area contributed by atoms with E-state index in [0.29, 0.717) is 19.6 Å². The van der Waals surface area contributed by atoms with Gasteiger partial charge in [-0.05, 0) is 0 Å². The lowest BCUT2D eigenvalue weighted by molar-refractivity contribution is -0.146. The molecular formula is C8H16Cl2N2O4. The first kappa shape index (κ1) is 17.7. The van der Waals surface area contributed by atoms with E-state index in [-0.39, 0.29) is 24.8 Å². The molecule has 1 fully saturated rings. The first-order valence-electron chi connectivity index (χ1n) is 4.34. The second-order valence-electron chi connectivity index (χ2n) is 2.91. The fourth-order valence-electron chi connectivity index (χ4n) is 1.39. The molecule has 1 rings (SSSR count). The van der Waals surface area contributed by atoms with Crippen LogP contribution in [0, 0.1) is 0 Å². The summed E-state index contributed by atoms with van der Waals surface area (Å²) >= 11 is 0. The molecule has 0 aromatic rings. The number of amides is 1. The molecule has 1 aliphatic heterocycles. The second-order valence-corrected chi connectivity index (χ2v) is 2.91. The van der Waals surface area contributed by atoms with E-state index in [9.17, 15) is 9.59 Å². The van der Waals surface area contributed by atoms with Crippen molar-refractivity contribution < 1.29 is 19.1 Å². The molecule has 1 amide bonds. The summed E-state index contributed by atoms with van der Waals surface area (Å²) in [6, 6.07) is -0.582. The monoisotopic (exact) mass is 274 g/mol. The minimum atomic E-state index is -0.582. The lowest BCUT2D eigenvalue weighted by atomic mass is 10.2. The molecule has 0 spiro atoms. The Labute approximate surface area is 106 Å². The van der Waals surface area contributed by atoms with Gasteiger partial charge in [-0.25, -0.2) is 9.59 Å². The summed E-state index contributed by atoms with van der Waals surface area (Å²) in [4.78, 5) is 23.9. The highest BCUT2D eigenvalue weighted by molar-refractivity contribution is 5.85. The number of carbonyl (C=O) groups excluding carboxylic acids is 2. The van der Waals surface area contributed by atoms with Crippen LogP contribution in [0.1, 0.15) is 0 Å². The number of hydrogen-bond acceptors (Lipinski definition) is 5. The van der Waals surface area contributed by atoms with E-state index in [4.69, 9.17) is 0 Å². The predicted molar refractivity (Wildman–Crippen MR) is 62.3 cm³/mol. The molecule has 6 nitrogen and oxygen atoms in total. The number of nitrogens with zero attached hydrogens (tertiary/aromatic N) is 1.